The third-order valence-electron chi connectivity index (χ3n) is 1.93. The van der Waals surface area contributed by atoms with E-state index in [0.717, 1.165) is 11.1 Å². The van der Waals surface area contributed by atoms with Gasteiger partial charge in [0.15, 0.2) is 6.10 Å². The second-order valence-corrected chi connectivity index (χ2v) is 3.04. The Morgan fingerprint density at radius 2 is 2.42 bits per heavy atom. The average molecular weight is 180 g/mol. The molecule has 0 bridgehead atoms. The van der Waals surface area contributed by atoms with Crippen molar-refractivity contribution in [3.63, 3.8) is 0 Å². The predicted molar refractivity (Wildman–Crippen MR) is 44.6 cm³/mol. The number of hydrogen-bond donors (Lipinski definition) is 0. The Labute approximate surface area is 75.3 Å². The summed E-state index contributed by atoms with van der Waals surface area (Å²) < 4.78 is 5.21. The number of halogens is 1. The second-order valence-electron chi connectivity index (χ2n) is 2.63. The number of hydrogen-bond acceptors (Lipinski definition) is 2. The van der Waals surface area contributed by atoms with Gasteiger partial charge in [0.1, 0.15) is 0 Å². The van der Waals surface area contributed by atoms with Crippen LogP contribution in [0.1, 0.15) is 17.2 Å². The quantitative estimate of drug-likeness (QED) is 0.613. The SMILES string of the molecule is N#CC1OCc2cccc(Cl)c21. The lowest BCUT2D eigenvalue weighted by Crippen LogP contribution is -1.91. The van der Waals surface area contributed by atoms with E-state index in [-0.39, 0.29) is 0 Å². The Kier molecular flexibility index (Phi) is 1.76. The zero-order valence-corrected chi connectivity index (χ0v) is 7.01. The highest BCUT2D eigenvalue weighted by Gasteiger charge is 2.24. The third-order valence-corrected chi connectivity index (χ3v) is 2.26. The van der Waals surface area contributed by atoms with Gasteiger partial charge in [-0.05, 0) is 11.6 Å². The van der Waals surface area contributed by atoms with Crippen molar-refractivity contribution in [2.75, 3.05) is 0 Å². The van der Waals surface area contributed by atoms with Gasteiger partial charge >= 0.3 is 0 Å². The van der Waals surface area contributed by atoms with Gasteiger partial charge in [-0.25, -0.2) is 0 Å². The Morgan fingerprint density at radius 3 is 3.17 bits per heavy atom. The molecule has 3 heteroatoms. The Bertz CT molecular complexity index is 356. The van der Waals surface area contributed by atoms with Gasteiger partial charge in [-0.2, -0.15) is 5.26 Å². The van der Waals surface area contributed by atoms with Crippen LogP contribution in [0.15, 0.2) is 18.2 Å². The van der Waals surface area contributed by atoms with Crippen molar-refractivity contribution in [2.24, 2.45) is 0 Å². The second kappa shape index (κ2) is 2.78. The zero-order chi connectivity index (χ0) is 8.55. The van der Waals surface area contributed by atoms with Crippen molar-refractivity contribution >= 4 is 11.6 Å². The summed E-state index contributed by atoms with van der Waals surface area (Å²) in [5.74, 6) is 0. The monoisotopic (exact) mass is 179 g/mol. The van der Waals surface area contributed by atoms with Gasteiger partial charge < -0.3 is 4.74 Å². The van der Waals surface area contributed by atoms with Crippen molar-refractivity contribution in [2.45, 2.75) is 12.7 Å². The van der Waals surface area contributed by atoms with E-state index in [2.05, 4.69) is 6.07 Å². The molecule has 2 rings (SSSR count). The summed E-state index contributed by atoms with van der Waals surface area (Å²) in [7, 11) is 0. The van der Waals surface area contributed by atoms with Crippen LogP contribution in [-0.4, -0.2) is 0 Å². The minimum absolute atomic E-state index is 0.478. The van der Waals surface area contributed by atoms with Crippen LogP contribution >= 0.6 is 11.6 Å². The molecule has 60 valence electrons. The minimum atomic E-state index is -0.478. The molecule has 0 N–H and O–H groups in total. The highest BCUT2D eigenvalue weighted by molar-refractivity contribution is 6.31. The smallest absolute Gasteiger partial charge is 0.171 e. The van der Waals surface area contributed by atoms with Crippen molar-refractivity contribution < 1.29 is 4.74 Å². The van der Waals surface area contributed by atoms with Crippen molar-refractivity contribution in [3.05, 3.63) is 34.3 Å². The summed E-state index contributed by atoms with van der Waals surface area (Å²) in [6.45, 7) is 0.494. The van der Waals surface area contributed by atoms with Crippen molar-refractivity contribution in [1.29, 1.82) is 5.26 Å². The highest BCUT2D eigenvalue weighted by Crippen LogP contribution is 2.35. The number of ether oxygens (including phenoxy) is 1. The van der Waals surface area contributed by atoms with E-state index in [0.29, 0.717) is 11.6 Å². The lowest BCUT2D eigenvalue weighted by Gasteiger charge is -2.01. The molecule has 0 radical (unpaired) electrons. The van der Waals surface area contributed by atoms with Crippen LogP contribution in [0.4, 0.5) is 0 Å². The molecule has 1 aliphatic heterocycles. The zero-order valence-electron chi connectivity index (χ0n) is 6.25. The summed E-state index contributed by atoms with van der Waals surface area (Å²) in [5, 5.41) is 9.33. The fourth-order valence-corrected chi connectivity index (χ4v) is 1.65. The maximum atomic E-state index is 8.70. The van der Waals surface area contributed by atoms with Crippen LogP contribution in [0.25, 0.3) is 0 Å². The van der Waals surface area contributed by atoms with Crippen LogP contribution in [0.3, 0.4) is 0 Å². The molecule has 0 aliphatic carbocycles. The van der Waals surface area contributed by atoms with E-state index in [9.17, 15) is 0 Å². The van der Waals surface area contributed by atoms with Crippen molar-refractivity contribution in [3.8, 4) is 6.07 Å². The Balaban J connectivity index is 2.57. The van der Waals surface area contributed by atoms with Gasteiger partial charge in [-0.1, -0.05) is 23.7 Å². The normalized spacial score (nSPS) is 20.2. The van der Waals surface area contributed by atoms with Crippen LogP contribution in [0.2, 0.25) is 5.02 Å². The first kappa shape index (κ1) is 7.60. The molecule has 0 aromatic heterocycles. The number of nitrogens with zero attached hydrogens (tertiary/aromatic N) is 1. The largest absolute Gasteiger partial charge is 0.354 e. The van der Waals surface area contributed by atoms with Gasteiger partial charge in [-0.15, -0.1) is 0 Å². The molecule has 0 fully saturated rings. The van der Waals surface area contributed by atoms with Gasteiger partial charge in [0.25, 0.3) is 0 Å². The van der Waals surface area contributed by atoms with E-state index < -0.39 is 6.10 Å². The fraction of sp³-hybridized carbons (Fsp3) is 0.222. The molecular weight excluding hydrogens is 174 g/mol. The first-order valence-electron chi connectivity index (χ1n) is 3.61. The summed E-state index contributed by atoms with van der Waals surface area (Å²) in [4.78, 5) is 0. The Morgan fingerprint density at radius 1 is 1.58 bits per heavy atom. The highest BCUT2D eigenvalue weighted by atomic mass is 35.5. The first-order chi connectivity index (χ1) is 5.83. The molecule has 0 saturated heterocycles. The van der Waals surface area contributed by atoms with E-state index in [4.69, 9.17) is 21.6 Å². The van der Waals surface area contributed by atoms with E-state index in [1.165, 1.54) is 0 Å². The predicted octanol–water partition coefficient (Wildman–Crippen LogP) is 2.43. The van der Waals surface area contributed by atoms with Gasteiger partial charge in [0.05, 0.1) is 12.7 Å². The number of fused-ring (bicyclic) bond motifs is 1. The van der Waals surface area contributed by atoms with Gasteiger partial charge in [0, 0.05) is 10.6 Å². The molecular formula is C9H6ClNO. The molecule has 1 aliphatic rings. The number of benzene rings is 1. The molecule has 0 saturated carbocycles. The summed E-state index contributed by atoms with van der Waals surface area (Å²) in [6.07, 6.45) is -0.478. The van der Waals surface area contributed by atoms with Crippen LogP contribution in [0, 0.1) is 11.3 Å². The molecule has 0 spiro atoms. The standard InChI is InChI=1S/C9H6ClNO/c10-7-3-1-2-6-5-12-8(4-11)9(6)7/h1-3,8H,5H2. The van der Waals surface area contributed by atoms with Crippen LogP contribution < -0.4 is 0 Å². The lowest BCUT2D eigenvalue weighted by atomic mass is 10.1. The maximum absolute atomic E-state index is 8.70. The molecule has 1 unspecified atom stereocenters. The van der Waals surface area contributed by atoms with Crippen LogP contribution in [0.5, 0.6) is 0 Å². The first-order valence-corrected chi connectivity index (χ1v) is 3.99. The third kappa shape index (κ3) is 0.989. The molecule has 1 aromatic carbocycles. The summed E-state index contributed by atoms with van der Waals surface area (Å²) >= 11 is 5.91. The minimum Gasteiger partial charge on any atom is -0.354 e. The topological polar surface area (TPSA) is 33.0 Å². The lowest BCUT2D eigenvalue weighted by molar-refractivity contribution is 0.104. The Hall–Kier alpha value is -1.04. The molecule has 1 heterocycles. The number of rotatable bonds is 0. The molecule has 2 nitrogen and oxygen atoms in total. The van der Waals surface area contributed by atoms with Crippen molar-refractivity contribution in [1.82, 2.24) is 0 Å². The molecule has 12 heavy (non-hydrogen) atoms. The summed E-state index contributed by atoms with van der Waals surface area (Å²) in [6, 6.07) is 7.63. The van der Waals surface area contributed by atoms with E-state index in [1.807, 2.05) is 12.1 Å². The van der Waals surface area contributed by atoms with E-state index in [1.54, 1.807) is 6.07 Å². The van der Waals surface area contributed by atoms with Gasteiger partial charge in [0.2, 0.25) is 0 Å². The molecule has 1 atom stereocenters. The fourth-order valence-electron chi connectivity index (χ4n) is 1.36. The van der Waals surface area contributed by atoms with E-state index >= 15 is 0 Å². The van der Waals surface area contributed by atoms with Crippen LogP contribution in [-0.2, 0) is 11.3 Å². The average Bonchev–Trinajstić information content (AvgIpc) is 2.49. The molecule has 0 amide bonds. The number of nitriles is 1. The van der Waals surface area contributed by atoms with Gasteiger partial charge in [-0.3, -0.25) is 0 Å². The maximum Gasteiger partial charge on any atom is 0.171 e. The molecule has 1 aromatic rings. The summed E-state index contributed by atoms with van der Waals surface area (Å²) in [5.41, 5.74) is 1.86.